The van der Waals surface area contributed by atoms with Crippen molar-refractivity contribution in [2.24, 2.45) is 0 Å². The molecule has 3 nitrogen and oxygen atoms in total. The van der Waals surface area contributed by atoms with Crippen molar-refractivity contribution in [3.05, 3.63) is 23.8 Å². The molecule has 0 fully saturated rings. The van der Waals surface area contributed by atoms with Crippen LogP contribution in [-0.2, 0) is 0 Å². The van der Waals surface area contributed by atoms with Crippen LogP contribution in [-0.4, -0.2) is 24.3 Å². The molecule has 1 rings (SSSR count). The fourth-order valence-corrected chi connectivity index (χ4v) is 0.921. The molecule has 0 heterocycles. The van der Waals surface area contributed by atoms with Crippen molar-refractivity contribution in [1.29, 1.82) is 0 Å². The van der Waals surface area contributed by atoms with Crippen LogP contribution in [0.5, 0.6) is 5.75 Å². The van der Waals surface area contributed by atoms with Gasteiger partial charge in [-0.25, -0.2) is 8.78 Å². The Balaban J connectivity index is 3.27. The number of ether oxygens (including phenoxy) is 1. The van der Waals surface area contributed by atoms with Crippen molar-refractivity contribution in [1.82, 2.24) is 0 Å². The first kappa shape index (κ1) is 9.95. The van der Waals surface area contributed by atoms with E-state index in [1.165, 1.54) is 0 Å². The summed E-state index contributed by atoms with van der Waals surface area (Å²) in [5.74, 6) is -2.12. The first-order chi connectivity index (χ1) is 6.06. The fraction of sp³-hybridized carbons (Fsp3) is 0.143. The zero-order chi connectivity index (χ0) is 10.0. The van der Waals surface area contributed by atoms with Gasteiger partial charge < -0.3 is 14.8 Å². The van der Waals surface area contributed by atoms with E-state index in [1.807, 2.05) is 0 Å². The van der Waals surface area contributed by atoms with E-state index >= 15 is 0 Å². The van der Waals surface area contributed by atoms with Crippen LogP contribution < -0.4 is 10.2 Å². The fourth-order valence-electron chi connectivity index (χ4n) is 0.921. The molecular formula is C7H7BF2O3. The molecule has 0 radical (unpaired) electrons. The van der Waals surface area contributed by atoms with Crippen molar-refractivity contribution < 1.29 is 23.6 Å². The first-order valence-corrected chi connectivity index (χ1v) is 3.45. The highest BCUT2D eigenvalue weighted by Crippen LogP contribution is 2.15. The maximum absolute atomic E-state index is 13.1. The van der Waals surface area contributed by atoms with Gasteiger partial charge in [0, 0.05) is 11.5 Å². The molecule has 0 aliphatic carbocycles. The minimum atomic E-state index is -2.05. The molecule has 1 aromatic rings. The van der Waals surface area contributed by atoms with E-state index in [2.05, 4.69) is 4.74 Å². The molecule has 0 saturated heterocycles. The first-order valence-electron chi connectivity index (χ1n) is 3.45. The summed E-state index contributed by atoms with van der Waals surface area (Å²) in [4.78, 5) is 0. The van der Waals surface area contributed by atoms with E-state index in [0.717, 1.165) is 13.2 Å². The average molecular weight is 188 g/mol. The molecule has 70 valence electrons. The average Bonchev–Trinajstić information content (AvgIpc) is 2.08. The third kappa shape index (κ3) is 1.96. The number of hydrogen-bond acceptors (Lipinski definition) is 3. The van der Waals surface area contributed by atoms with Gasteiger partial charge in [0.05, 0.1) is 7.11 Å². The lowest BCUT2D eigenvalue weighted by molar-refractivity contribution is 0.380. The summed E-state index contributed by atoms with van der Waals surface area (Å²) in [6.45, 7) is 0. The molecule has 2 N–H and O–H groups in total. The Morgan fingerprint density at radius 1 is 1.31 bits per heavy atom. The summed E-state index contributed by atoms with van der Waals surface area (Å²) in [5, 5.41) is 17.3. The molecule has 0 aliphatic rings. The number of rotatable bonds is 2. The van der Waals surface area contributed by atoms with Crippen molar-refractivity contribution in [2.75, 3.05) is 7.11 Å². The van der Waals surface area contributed by atoms with E-state index in [1.54, 1.807) is 0 Å². The van der Waals surface area contributed by atoms with Crippen LogP contribution in [0.25, 0.3) is 0 Å². The van der Waals surface area contributed by atoms with E-state index in [9.17, 15) is 8.78 Å². The highest BCUT2D eigenvalue weighted by molar-refractivity contribution is 6.58. The summed E-state index contributed by atoms with van der Waals surface area (Å²) in [6, 6.07) is 1.52. The third-order valence-electron chi connectivity index (χ3n) is 1.53. The minimum absolute atomic E-state index is 0.358. The second-order valence-electron chi connectivity index (χ2n) is 2.38. The van der Waals surface area contributed by atoms with Gasteiger partial charge in [-0.3, -0.25) is 0 Å². The Bertz CT molecular complexity index is 317. The van der Waals surface area contributed by atoms with Gasteiger partial charge in [0.15, 0.2) is 11.6 Å². The number of benzene rings is 1. The van der Waals surface area contributed by atoms with Crippen molar-refractivity contribution in [3.63, 3.8) is 0 Å². The van der Waals surface area contributed by atoms with Crippen LogP contribution >= 0.6 is 0 Å². The second-order valence-corrected chi connectivity index (χ2v) is 2.38. The van der Waals surface area contributed by atoms with Gasteiger partial charge >= 0.3 is 7.12 Å². The van der Waals surface area contributed by atoms with Crippen LogP contribution in [0.1, 0.15) is 0 Å². The molecule has 13 heavy (non-hydrogen) atoms. The lowest BCUT2D eigenvalue weighted by Gasteiger charge is -2.06. The van der Waals surface area contributed by atoms with Gasteiger partial charge in [0.1, 0.15) is 5.82 Å². The molecule has 0 atom stereocenters. The molecule has 1 aromatic carbocycles. The molecule has 0 saturated carbocycles. The molecule has 0 aromatic heterocycles. The summed E-state index contributed by atoms with van der Waals surface area (Å²) in [6.07, 6.45) is 0. The van der Waals surface area contributed by atoms with Gasteiger partial charge in [-0.05, 0) is 6.07 Å². The van der Waals surface area contributed by atoms with E-state index in [0.29, 0.717) is 6.07 Å². The van der Waals surface area contributed by atoms with E-state index < -0.39 is 24.2 Å². The summed E-state index contributed by atoms with van der Waals surface area (Å²) in [5.41, 5.74) is -0.545. The maximum atomic E-state index is 13.1. The Hall–Kier alpha value is -1.14. The topological polar surface area (TPSA) is 49.7 Å². The van der Waals surface area contributed by atoms with Gasteiger partial charge in [-0.2, -0.15) is 0 Å². The van der Waals surface area contributed by atoms with Crippen LogP contribution in [0.3, 0.4) is 0 Å². The van der Waals surface area contributed by atoms with Crippen LogP contribution in [0, 0.1) is 11.6 Å². The normalized spacial score (nSPS) is 9.92. The highest BCUT2D eigenvalue weighted by Gasteiger charge is 2.21. The molecular weight excluding hydrogens is 181 g/mol. The largest absolute Gasteiger partial charge is 0.494 e. The quantitative estimate of drug-likeness (QED) is 0.623. The molecule has 6 heteroatoms. The minimum Gasteiger partial charge on any atom is -0.494 e. The Kier molecular flexibility index (Phi) is 2.85. The SMILES string of the molecule is COc1cc(F)cc(B(O)O)c1F. The summed E-state index contributed by atoms with van der Waals surface area (Å²) < 4.78 is 30.3. The van der Waals surface area contributed by atoms with Gasteiger partial charge in [-0.1, -0.05) is 0 Å². The van der Waals surface area contributed by atoms with Gasteiger partial charge in [-0.15, -0.1) is 0 Å². The number of halogens is 2. The molecule has 0 aliphatic heterocycles. The predicted octanol–water partition coefficient (Wildman–Crippen LogP) is -0.347. The Morgan fingerprint density at radius 3 is 2.38 bits per heavy atom. The number of hydrogen-bond donors (Lipinski definition) is 2. The zero-order valence-corrected chi connectivity index (χ0v) is 6.79. The summed E-state index contributed by atoms with van der Waals surface area (Å²) in [7, 11) is -0.893. The Morgan fingerprint density at radius 2 is 1.92 bits per heavy atom. The lowest BCUT2D eigenvalue weighted by atomic mass is 9.79. The standard InChI is InChI=1S/C7H7BF2O3/c1-13-6-3-4(9)2-5(7(6)10)8(11)12/h2-3,11-12H,1H3. The highest BCUT2D eigenvalue weighted by atomic mass is 19.1. The molecule has 0 bridgehead atoms. The van der Waals surface area contributed by atoms with Crippen LogP contribution in [0.4, 0.5) is 8.78 Å². The molecule has 0 amide bonds. The summed E-state index contributed by atoms with van der Waals surface area (Å²) >= 11 is 0. The monoisotopic (exact) mass is 188 g/mol. The zero-order valence-electron chi connectivity index (χ0n) is 6.79. The number of methoxy groups -OCH3 is 1. The Labute approximate surface area is 73.7 Å². The van der Waals surface area contributed by atoms with Crippen LogP contribution in [0.15, 0.2) is 12.1 Å². The smallest absolute Gasteiger partial charge is 0.491 e. The van der Waals surface area contributed by atoms with Crippen molar-refractivity contribution in [2.45, 2.75) is 0 Å². The third-order valence-corrected chi connectivity index (χ3v) is 1.53. The van der Waals surface area contributed by atoms with E-state index in [4.69, 9.17) is 10.0 Å². The lowest BCUT2D eigenvalue weighted by Crippen LogP contribution is -2.33. The molecule has 0 unspecified atom stereocenters. The second kappa shape index (κ2) is 3.72. The van der Waals surface area contributed by atoms with E-state index in [-0.39, 0.29) is 5.75 Å². The van der Waals surface area contributed by atoms with Gasteiger partial charge in [0.2, 0.25) is 0 Å². The predicted molar refractivity (Wildman–Crippen MR) is 42.7 cm³/mol. The van der Waals surface area contributed by atoms with Crippen molar-refractivity contribution >= 4 is 12.6 Å². The molecule has 0 spiro atoms. The van der Waals surface area contributed by atoms with Crippen LogP contribution in [0.2, 0.25) is 0 Å². The van der Waals surface area contributed by atoms with Gasteiger partial charge in [0.25, 0.3) is 0 Å². The van der Waals surface area contributed by atoms with Crippen molar-refractivity contribution in [3.8, 4) is 5.75 Å². The maximum Gasteiger partial charge on any atom is 0.491 e.